The molecule has 4 heteroatoms. The van der Waals surface area contributed by atoms with E-state index >= 15 is 0 Å². The lowest BCUT2D eigenvalue weighted by Gasteiger charge is -2.36. The van der Waals surface area contributed by atoms with Gasteiger partial charge in [-0.15, -0.1) is 0 Å². The number of carboxylic acids is 1. The fraction of sp³-hybridized carbons (Fsp3) is 0.579. The third-order valence-corrected chi connectivity index (χ3v) is 5.28. The van der Waals surface area contributed by atoms with Crippen LogP contribution in [0.2, 0.25) is 0 Å². The zero-order valence-corrected chi connectivity index (χ0v) is 13.7. The molecule has 0 bridgehead atoms. The molecule has 1 aliphatic carbocycles. The topological polar surface area (TPSA) is 57.6 Å². The number of hydrogen-bond acceptors (Lipinski definition) is 2. The van der Waals surface area contributed by atoms with Crippen molar-refractivity contribution < 1.29 is 14.7 Å². The Morgan fingerprint density at radius 2 is 2.04 bits per heavy atom. The molecule has 2 aliphatic rings. The predicted octanol–water partition coefficient (Wildman–Crippen LogP) is 3.07. The highest BCUT2D eigenvalue weighted by Gasteiger charge is 2.33. The molecule has 0 radical (unpaired) electrons. The first-order valence-corrected chi connectivity index (χ1v) is 8.63. The van der Waals surface area contributed by atoms with Crippen LogP contribution in [0.5, 0.6) is 0 Å². The lowest BCUT2D eigenvalue weighted by atomic mass is 9.80. The van der Waals surface area contributed by atoms with Crippen molar-refractivity contribution in [2.75, 3.05) is 13.1 Å². The van der Waals surface area contributed by atoms with Crippen molar-refractivity contribution in [3.05, 3.63) is 35.4 Å². The minimum Gasteiger partial charge on any atom is -0.481 e. The second-order valence-corrected chi connectivity index (χ2v) is 7.17. The molecule has 4 nitrogen and oxygen atoms in total. The molecule has 3 rings (SSSR count). The Kier molecular flexibility index (Phi) is 4.69. The smallest absolute Gasteiger partial charge is 0.308 e. The Balaban J connectivity index is 1.69. The lowest BCUT2D eigenvalue weighted by Crippen LogP contribution is -2.46. The summed E-state index contributed by atoms with van der Waals surface area (Å²) in [7, 11) is 0. The van der Waals surface area contributed by atoms with E-state index in [1.807, 2.05) is 13.0 Å². The van der Waals surface area contributed by atoms with Gasteiger partial charge in [0.05, 0.1) is 5.92 Å². The number of hydrogen-bond donors (Lipinski definition) is 1. The summed E-state index contributed by atoms with van der Waals surface area (Å²) in [6.07, 6.45) is 4.46. The van der Waals surface area contributed by atoms with E-state index in [1.165, 1.54) is 11.1 Å². The molecule has 1 saturated heterocycles. The quantitative estimate of drug-likeness (QED) is 0.932. The van der Waals surface area contributed by atoms with Gasteiger partial charge in [0, 0.05) is 19.5 Å². The molecule has 0 spiro atoms. The molecule has 1 aliphatic heterocycles. The maximum atomic E-state index is 12.7. The van der Waals surface area contributed by atoms with E-state index in [0.717, 1.165) is 19.3 Å². The summed E-state index contributed by atoms with van der Waals surface area (Å²) in [6.45, 7) is 3.09. The lowest BCUT2D eigenvalue weighted by molar-refractivity contribution is -0.147. The third-order valence-electron chi connectivity index (χ3n) is 5.28. The van der Waals surface area contributed by atoms with Gasteiger partial charge in [0.1, 0.15) is 0 Å². The Morgan fingerprint density at radius 1 is 1.26 bits per heavy atom. The molecule has 0 saturated carbocycles. The fourth-order valence-corrected chi connectivity index (χ4v) is 4.14. The Bertz CT molecular complexity index is 598. The number of aliphatic carboxylic acids is 1. The van der Waals surface area contributed by atoms with E-state index in [-0.39, 0.29) is 17.7 Å². The molecule has 1 amide bonds. The Morgan fingerprint density at radius 3 is 2.83 bits per heavy atom. The molecule has 1 aromatic carbocycles. The number of carboxylic acid groups (broad SMARTS) is 1. The first-order chi connectivity index (χ1) is 11.0. The van der Waals surface area contributed by atoms with Crippen molar-refractivity contribution in [3.8, 4) is 0 Å². The molecule has 1 aromatic rings. The highest BCUT2D eigenvalue weighted by atomic mass is 16.4. The molecule has 1 heterocycles. The van der Waals surface area contributed by atoms with E-state index in [1.54, 1.807) is 4.90 Å². The second-order valence-electron chi connectivity index (χ2n) is 7.17. The first-order valence-electron chi connectivity index (χ1n) is 8.63. The zero-order valence-electron chi connectivity index (χ0n) is 13.7. The van der Waals surface area contributed by atoms with Gasteiger partial charge in [-0.05, 0) is 48.6 Å². The fourth-order valence-electron chi connectivity index (χ4n) is 4.14. The van der Waals surface area contributed by atoms with Crippen LogP contribution < -0.4 is 0 Å². The summed E-state index contributed by atoms with van der Waals surface area (Å²) in [5.41, 5.74) is 2.68. The Hall–Kier alpha value is -1.84. The van der Waals surface area contributed by atoms with Gasteiger partial charge in [0.2, 0.25) is 5.91 Å². The van der Waals surface area contributed by atoms with Crippen molar-refractivity contribution in [3.63, 3.8) is 0 Å². The van der Waals surface area contributed by atoms with Crippen LogP contribution in [0.4, 0.5) is 0 Å². The van der Waals surface area contributed by atoms with Crippen LogP contribution in [-0.2, 0) is 16.0 Å². The van der Waals surface area contributed by atoms with Crippen LogP contribution >= 0.6 is 0 Å². The van der Waals surface area contributed by atoms with Crippen molar-refractivity contribution in [2.45, 2.75) is 44.9 Å². The van der Waals surface area contributed by atoms with Crippen molar-refractivity contribution in [2.24, 2.45) is 11.8 Å². The largest absolute Gasteiger partial charge is 0.481 e. The van der Waals surface area contributed by atoms with Crippen LogP contribution in [0.25, 0.3) is 0 Å². The number of amides is 1. The van der Waals surface area contributed by atoms with Gasteiger partial charge in [0.25, 0.3) is 0 Å². The summed E-state index contributed by atoms with van der Waals surface area (Å²) in [5.74, 6) is -0.538. The molecule has 0 aromatic heterocycles. The number of aryl methyl sites for hydroxylation is 1. The number of fused-ring (bicyclic) bond motifs is 1. The maximum absolute atomic E-state index is 12.7. The second kappa shape index (κ2) is 6.73. The first kappa shape index (κ1) is 16.0. The molecule has 124 valence electrons. The SMILES string of the molecule is CC1CC(C(=O)O)CN(C(=O)CC2CCCc3ccccc32)C1. The number of piperidine rings is 1. The van der Waals surface area contributed by atoms with E-state index in [2.05, 4.69) is 18.2 Å². The van der Waals surface area contributed by atoms with Gasteiger partial charge in [0.15, 0.2) is 0 Å². The average molecular weight is 315 g/mol. The number of carbonyl (C=O) groups is 2. The molecule has 3 unspecified atom stereocenters. The van der Waals surface area contributed by atoms with Crippen LogP contribution in [0.15, 0.2) is 24.3 Å². The summed E-state index contributed by atoms with van der Waals surface area (Å²) < 4.78 is 0. The highest BCUT2D eigenvalue weighted by Crippen LogP contribution is 2.34. The van der Waals surface area contributed by atoms with E-state index in [4.69, 9.17) is 0 Å². The third kappa shape index (κ3) is 3.57. The summed E-state index contributed by atoms with van der Waals surface area (Å²) >= 11 is 0. The van der Waals surface area contributed by atoms with Crippen molar-refractivity contribution >= 4 is 11.9 Å². The predicted molar refractivity (Wildman–Crippen MR) is 88.2 cm³/mol. The minimum atomic E-state index is -0.780. The molecule has 23 heavy (non-hydrogen) atoms. The number of benzene rings is 1. The minimum absolute atomic E-state index is 0.115. The number of rotatable bonds is 3. The van der Waals surface area contributed by atoms with Crippen LogP contribution in [0, 0.1) is 11.8 Å². The summed E-state index contributed by atoms with van der Waals surface area (Å²) in [5, 5.41) is 9.27. The number of nitrogens with zero attached hydrogens (tertiary/aromatic N) is 1. The monoisotopic (exact) mass is 315 g/mol. The van der Waals surface area contributed by atoms with E-state index < -0.39 is 11.9 Å². The molecular weight excluding hydrogens is 290 g/mol. The van der Waals surface area contributed by atoms with E-state index in [0.29, 0.717) is 25.9 Å². The zero-order chi connectivity index (χ0) is 16.4. The van der Waals surface area contributed by atoms with Crippen LogP contribution in [-0.4, -0.2) is 35.0 Å². The van der Waals surface area contributed by atoms with Gasteiger partial charge in [-0.25, -0.2) is 0 Å². The Labute approximate surface area is 137 Å². The normalized spacial score (nSPS) is 27.3. The van der Waals surface area contributed by atoms with Crippen molar-refractivity contribution in [1.82, 2.24) is 4.90 Å². The molecule has 3 atom stereocenters. The maximum Gasteiger partial charge on any atom is 0.308 e. The summed E-state index contributed by atoms with van der Waals surface area (Å²) in [6, 6.07) is 8.42. The van der Waals surface area contributed by atoms with Crippen LogP contribution in [0.1, 0.15) is 49.7 Å². The van der Waals surface area contributed by atoms with Gasteiger partial charge in [-0.3, -0.25) is 9.59 Å². The van der Waals surface area contributed by atoms with Crippen LogP contribution in [0.3, 0.4) is 0 Å². The van der Waals surface area contributed by atoms with Crippen molar-refractivity contribution in [1.29, 1.82) is 0 Å². The van der Waals surface area contributed by atoms with Gasteiger partial charge >= 0.3 is 5.97 Å². The van der Waals surface area contributed by atoms with Gasteiger partial charge in [-0.1, -0.05) is 31.2 Å². The average Bonchev–Trinajstić information content (AvgIpc) is 2.54. The summed E-state index contributed by atoms with van der Waals surface area (Å²) in [4.78, 5) is 25.8. The van der Waals surface area contributed by atoms with Gasteiger partial charge in [-0.2, -0.15) is 0 Å². The molecule has 1 fully saturated rings. The molecular formula is C19H25NO3. The van der Waals surface area contributed by atoms with Gasteiger partial charge < -0.3 is 10.0 Å². The standard InChI is InChI=1S/C19H25NO3/c1-13-9-16(19(22)23)12-20(11-13)18(21)10-15-7-4-6-14-5-2-3-8-17(14)15/h2-3,5,8,13,15-16H,4,6-7,9-12H2,1H3,(H,22,23). The highest BCUT2D eigenvalue weighted by molar-refractivity contribution is 5.79. The number of likely N-dealkylation sites (tertiary alicyclic amines) is 1. The van der Waals surface area contributed by atoms with E-state index in [9.17, 15) is 14.7 Å². The molecule has 1 N–H and O–H groups in total. The number of carbonyl (C=O) groups excluding carboxylic acids is 1.